The second-order valence-corrected chi connectivity index (χ2v) is 8.58. The van der Waals surface area contributed by atoms with Crippen LogP contribution in [0.25, 0.3) is 0 Å². The van der Waals surface area contributed by atoms with Crippen LogP contribution in [0.4, 0.5) is 11.4 Å². The van der Waals surface area contributed by atoms with E-state index in [1.54, 1.807) is 18.2 Å². The highest BCUT2D eigenvalue weighted by atomic mass is 32.2. The molecule has 1 aliphatic heterocycles. The number of anilines is 2. The second kappa shape index (κ2) is 8.10. The number of hydrogen-bond acceptors (Lipinski definition) is 4. The van der Waals surface area contributed by atoms with Crippen LogP contribution in [0, 0.1) is 0 Å². The Morgan fingerprint density at radius 1 is 1.19 bits per heavy atom. The van der Waals surface area contributed by atoms with E-state index in [0.29, 0.717) is 24.3 Å². The van der Waals surface area contributed by atoms with E-state index < -0.39 is 10.0 Å². The molecule has 0 bridgehead atoms. The van der Waals surface area contributed by atoms with Crippen LogP contribution in [0.1, 0.15) is 34.8 Å². The standard InChI is InChI=1S/C20H25N3O3S/c1-3-21-14-17-7-4-5-9-18(17)22-20(24)16-10-11-19-15(13-16)8-6-12-23(19)27(2,25)26/h4-5,7,9-11,13,21H,3,6,8,12,14H2,1-2H3,(H,22,24). The Kier molecular flexibility index (Phi) is 5.82. The van der Waals surface area contributed by atoms with Crippen molar-refractivity contribution in [2.75, 3.05) is 29.0 Å². The van der Waals surface area contributed by atoms with E-state index in [4.69, 9.17) is 0 Å². The van der Waals surface area contributed by atoms with Crippen molar-refractivity contribution in [1.82, 2.24) is 5.32 Å². The van der Waals surface area contributed by atoms with Crippen LogP contribution in [0.3, 0.4) is 0 Å². The number of carbonyl (C=O) groups is 1. The minimum absolute atomic E-state index is 0.196. The van der Waals surface area contributed by atoms with E-state index in [-0.39, 0.29) is 5.91 Å². The maximum Gasteiger partial charge on any atom is 0.255 e. The molecule has 0 atom stereocenters. The zero-order chi connectivity index (χ0) is 19.4. The fraction of sp³-hybridized carbons (Fsp3) is 0.350. The monoisotopic (exact) mass is 387 g/mol. The molecular weight excluding hydrogens is 362 g/mol. The summed E-state index contributed by atoms with van der Waals surface area (Å²) in [5.74, 6) is -0.196. The first-order valence-electron chi connectivity index (χ1n) is 9.10. The number of nitrogens with one attached hydrogen (secondary N) is 2. The van der Waals surface area contributed by atoms with Crippen molar-refractivity contribution in [2.45, 2.75) is 26.3 Å². The molecule has 0 fully saturated rings. The van der Waals surface area contributed by atoms with Gasteiger partial charge in [0.25, 0.3) is 5.91 Å². The van der Waals surface area contributed by atoms with Gasteiger partial charge in [0.05, 0.1) is 11.9 Å². The van der Waals surface area contributed by atoms with Crippen molar-refractivity contribution < 1.29 is 13.2 Å². The Labute approximate surface area is 160 Å². The summed E-state index contributed by atoms with van der Waals surface area (Å²) in [4.78, 5) is 12.7. The number of benzene rings is 2. The highest BCUT2D eigenvalue weighted by Gasteiger charge is 2.24. The predicted molar refractivity (Wildman–Crippen MR) is 109 cm³/mol. The molecule has 3 rings (SSSR count). The molecule has 0 unspecified atom stereocenters. The molecule has 0 spiro atoms. The largest absolute Gasteiger partial charge is 0.322 e. The van der Waals surface area contributed by atoms with Crippen LogP contribution in [0.15, 0.2) is 42.5 Å². The molecule has 0 saturated heterocycles. The molecule has 7 heteroatoms. The van der Waals surface area contributed by atoms with Crippen molar-refractivity contribution in [1.29, 1.82) is 0 Å². The molecule has 144 valence electrons. The minimum Gasteiger partial charge on any atom is -0.322 e. The summed E-state index contributed by atoms with van der Waals surface area (Å²) in [6.07, 6.45) is 2.72. The van der Waals surface area contributed by atoms with Gasteiger partial charge in [-0.25, -0.2) is 8.42 Å². The molecular formula is C20H25N3O3S. The molecule has 1 heterocycles. The normalized spacial score (nSPS) is 13.9. The zero-order valence-electron chi connectivity index (χ0n) is 15.7. The van der Waals surface area contributed by atoms with E-state index in [9.17, 15) is 13.2 Å². The van der Waals surface area contributed by atoms with Gasteiger partial charge >= 0.3 is 0 Å². The Morgan fingerprint density at radius 3 is 2.70 bits per heavy atom. The Bertz CT molecular complexity index is 941. The lowest BCUT2D eigenvalue weighted by Gasteiger charge is -2.29. The first-order valence-corrected chi connectivity index (χ1v) is 11.0. The average molecular weight is 388 g/mol. The summed E-state index contributed by atoms with van der Waals surface area (Å²) in [7, 11) is -3.31. The van der Waals surface area contributed by atoms with Gasteiger partial charge in [-0.3, -0.25) is 9.10 Å². The first-order chi connectivity index (χ1) is 12.9. The van der Waals surface area contributed by atoms with Crippen molar-refractivity contribution >= 4 is 27.3 Å². The molecule has 0 aliphatic carbocycles. The van der Waals surface area contributed by atoms with E-state index >= 15 is 0 Å². The van der Waals surface area contributed by atoms with Gasteiger partial charge < -0.3 is 10.6 Å². The molecule has 2 N–H and O–H groups in total. The molecule has 0 radical (unpaired) electrons. The SMILES string of the molecule is CCNCc1ccccc1NC(=O)c1ccc2c(c1)CCCN2S(C)(=O)=O. The molecule has 2 aromatic rings. The minimum atomic E-state index is -3.31. The molecule has 6 nitrogen and oxygen atoms in total. The molecule has 1 aliphatic rings. The summed E-state index contributed by atoms with van der Waals surface area (Å²) in [6, 6.07) is 12.9. The molecule has 1 amide bonds. The summed E-state index contributed by atoms with van der Waals surface area (Å²) in [6.45, 7) is 4.05. The van der Waals surface area contributed by atoms with Crippen LogP contribution < -0.4 is 14.9 Å². The third-order valence-corrected chi connectivity index (χ3v) is 5.83. The average Bonchev–Trinajstić information content (AvgIpc) is 2.65. The molecule has 2 aromatic carbocycles. The first kappa shape index (κ1) is 19.4. The Morgan fingerprint density at radius 2 is 1.96 bits per heavy atom. The van der Waals surface area contributed by atoms with Crippen molar-refractivity contribution in [3.63, 3.8) is 0 Å². The number of nitrogens with zero attached hydrogens (tertiary/aromatic N) is 1. The third-order valence-electron chi connectivity index (χ3n) is 4.65. The summed E-state index contributed by atoms with van der Waals surface area (Å²) >= 11 is 0. The van der Waals surface area contributed by atoms with E-state index in [2.05, 4.69) is 10.6 Å². The molecule has 27 heavy (non-hydrogen) atoms. The number of aryl methyl sites for hydroxylation is 1. The lowest BCUT2D eigenvalue weighted by molar-refractivity contribution is 0.102. The van der Waals surface area contributed by atoms with Crippen molar-refractivity contribution in [3.8, 4) is 0 Å². The predicted octanol–water partition coefficient (Wildman–Crippen LogP) is 2.76. The van der Waals surface area contributed by atoms with Crippen molar-refractivity contribution in [3.05, 3.63) is 59.2 Å². The van der Waals surface area contributed by atoms with Crippen LogP contribution >= 0.6 is 0 Å². The number of carbonyl (C=O) groups excluding carboxylic acids is 1. The maximum atomic E-state index is 12.7. The highest BCUT2D eigenvalue weighted by Crippen LogP contribution is 2.30. The number of hydrogen-bond donors (Lipinski definition) is 2. The van der Waals surface area contributed by atoms with Crippen LogP contribution in [-0.4, -0.2) is 33.7 Å². The zero-order valence-corrected chi connectivity index (χ0v) is 16.5. The summed E-state index contributed by atoms with van der Waals surface area (Å²) < 4.78 is 25.4. The van der Waals surface area contributed by atoms with Crippen LogP contribution in [0.5, 0.6) is 0 Å². The van der Waals surface area contributed by atoms with E-state index in [0.717, 1.165) is 36.2 Å². The number of sulfonamides is 1. The van der Waals surface area contributed by atoms with Gasteiger partial charge in [-0.1, -0.05) is 25.1 Å². The van der Waals surface area contributed by atoms with Gasteiger partial charge in [0.15, 0.2) is 0 Å². The van der Waals surface area contributed by atoms with Gasteiger partial charge in [0, 0.05) is 24.3 Å². The van der Waals surface area contributed by atoms with Gasteiger partial charge in [-0.05, 0) is 54.8 Å². The summed E-state index contributed by atoms with van der Waals surface area (Å²) in [5.41, 5.74) is 3.89. The maximum absolute atomic E-state index is 12.7. The fourth-order valence-corrected chi connectivity index (χ4v) is 4.30. The highest BCUT2D eigenvalue weighted by molar-refractivity contribution is 7.92. The van der Waals surface area contributed by atoms with Gasteiger partial charge in [-0.2, -0.15) is 0 Å². The Balaban J connectivity index is 1.83. The topological polar surface area (TPSA) is 78.5 Å². The summed E-state index contributed by atoms with van der Waals surface area (Å²) in [5, 5.41) is 6.24. The molecule has 0 aromatic heterocycles. The lowest BCUT2D eigenvalue weighted by atomic mass is 10.0. The number of para-hydroxylation sites is 1. The van der Waals surface area contributed by atoms with Gasteiger partial charge in [0.2, 0.25) is 10.0 Å². The van der Waals surface area contributed by atoms with E-state index in [1.807, 2.05) is 31.2 Å². The van der Waals surface area contributed by atoms with Gasteiger partial charge in [-0.15, -0.1) is 0 Å². The lowest BCUT2D eigenvalue weighted by Crippen LogP contribution is -2.34. The number of amides is 1. The van der Waals surface area contributed by atoms with Crippen LogP contribution in [-0.2, 0) is 23.0 Å². The van der Waals surface area contributed by atoms with Crippen LogP contribution in [0.2, 0.25) is 0 Å². The quantitative estimate of drug-likeness (QED) is 0.799. The van der Waals surface area contributed by atoms with Crippen molar-refractivity contribution in [2.24, 2.45) is 0 Å². The smallest absolute Gasteiger partial charge is 0.255 e. The molecule has 0 saturated carbocycles. The Hall–Kier alpha value is -2.38. The third kappa shape index (κ3) is 4.48. The fourth-order valence-electron chi connectivity index (χ4n) is 3.30. The van der Waals surface area contributed by atoms with E-state index in [1.165, 1.54) is 10.6 Å². The number of fused-ring (bicyclic) bond motifs is 1. The second-order valence-electron chi connectivity index (χ2n) is 6.67. The van der Waals surface area contributed by atoms with Gasteiger partial charge in [0.1, 0.15) is 0 Å². The number of rotatable bonds is 6.